The lowest BCUT2D eigenvalue weighted by Gasteiger charge is -2.10. The Morgan fingerprint density at radius 1 is 0.852 bits per heavy atom. The minimum absolute atomic E-state index is 0.0409. The van der Waals surface area contributed by atoms with E-state index in [9.17, 15) is 18.4 Å². The quantitative estimate of drug-likeness (QED) is 0.683. The van der Waals surface area contributed by atoms with Crippen molar-refractivity contribution in [3.8, 4) is 11.5 Å². The van der Waals surface area contributed by atoms with Crippen molar-refractivity contribution in [2.75, 3.05) is 5.32 Å². The Morgan fingerprint density at radius 2 is 1.48 bits per heavy atom. The predicted octanol–water partition coefficient (Wildman–Crippen LogP) is 4.71. The van der Waals surface area contributed by atoms with E-state index in [4.69, 9.17) is 9.84 Å². The number of para-hydroxylation sites is 2. The molecule has 0 fully saturated rings. The Hall–Kier alpha value is -3.74. The minimum Gasteiger partial charge on any atom is -0.478 e. The molecule has 2 N–H and O–H groups in total. The molecule has 0 aliphatic heterocycles. The zero-order chi connectivity index (χ0) is 19.4. The highest BCUT2D eigenvalue weighted by atomic mass is 19.1. The van der Waals surface area contributed by atoms with Crippen molar-refractivity contribution in [2.24, 2.45) is 0 Å². The molecule has 0 saturated heterocycles. The molecular formula is C20H13F2NO4. The van der Waals surface area contributed by atoms with Gasteiger partial charge >= 0.3 is 5.97 Å². The van der Waals surface area contributed by atoms with Gasteiger partial charge in [-0.2, -0.15) is 0 Å². The molecular weight excluding hydrogens is 356 g/mol. The highest BCUT2D eigenvalue weighted by Gasteiger charge is 2.14. The first kappa shape index (κ1) is 18.1. The normalized spacial score (nSPS) is 10.3. The van der Waals surface area contributed by atoms with Gasteiger partial charge in [-0.15, -0.1) is 0 Å². The predicted molar refractivity (Wildman–Crippen MR) is 94.2 cm³/mol. The molecule has 3 aromatic carbocycles. The lowest BCUT2D eigenvalue weighted by Crippen LogP contribution is -2.14. The molecule has 0 atom stereocenters. The summed E-state index contributed by atoms with van der Waals surface area (Å²) < 4.78 is 32.4. The first-order chi connectivity index (χ1) is 13.0. The van der Waals surface area contributed by atoms with Crippen molar-refractivity contribution < 1.29 is 28.2 Å². The zero-order valence-electron chi connectivity index (χ0n) is 13.8. The molecule has 3 aromatic rings. The lowest BCUT2D eigenvalue weighted by atomic mass is 10.1. The van der Waals surface area contributed by atoms with Crippen molar-refractivity contribution in [3.63, 3.8) is 0 Å². The fourth-order valence-corrected chi connectivity index (χ4v) is 2.35. The minimum atomic E-state index is -1.17. The molecule has 0 saturated carbocycles. The Morgan fingerprint density at radius 3 is 2.11 bits per heavy atom. The Labute approximate surface area is 152 Å². The number of rotatable bonds is 5. The van der Waals surface area contributed by atoms with Crippen LogP contribution in [0.3, 0.4) is 0 Å². The SMILES string of the molecule is O=C(Nc1ccccc1C(=O)O)c1ccc(Oc2c(F)cccc2F)cc1. The largest absolute Gasteiger partial charge is 0.478 e. The number of anilines is 1. The lowest BCUT2D eigenvalue weighted by molar-refractivity contribution is 0.0698. The van der Waals surface area contributed by atoms with Gasteiger partial charge in [0.15, 0.2) is 17.4 Å². The summed E-state index contributed by atoms with van der Waals surface area (Å²) >= 11 is 0. The monoisotopic (exact) mass is 369 g/mol. The average molecular weight is 369 g/mol. The van der Waals surface area contributed by atoms with Crippen LogP contribution in [0.1, 0.15) is 20.7 Å². The molecule has 0 aliphatic rings. The third-order valence-electron chi connectivity index (χ3n) is 3.66. The second kappa shape index (κ2) is 7.65. The summed E-state index contributed by atoms with van der Waals surface area (Å²) in [5, 5.41) is 11.7. The number of aromatic carboxylic acids is 1. The topological polar surface area (TPSA) is 75.6 Å². The molecule has 27 heavy (non-hydrogen) atoms. The van der Waals surface area contributed by atoms with Gasteiger partial charge in [-0.3, -0.25) is 4.79 Å². The third kappa shape index (κ3) is 4.09. The van der Waals surface area contributed by atoms with Gasteiger partial charge < -0.3 is 15.2 Å². The maximum Gasteiger partial charge on any atom is 0.337 e. The van der Waals surface area contributed by atoms with Crippen LogP contribution in [-0.2, 0) is 0 Å². The van der Waals surface area contributed by atoms with Crippen molar-refractivity contribution in [2.45, 2.75) is 0 Å². The summed E-state index contributed by atoms with van der Waals surface area (Å²) in [5.41, 5.74) is 0.334. The number of ether oxygens (including phenoxy) is 1. The van der Waals surface area contributed by atoms with Crippen LogP contribution >= 0.6 is 0 Å². The zero-order valence-corrected chi connectivity index (χ0v) is 13.8. The number of nitrogens with one attached hydrogen (secondary N) is 1. The molecule has 5 nitrogen and oxygen atoms in total. The van der Waals surface area contributed by atoms with Gasteiger partial charge in [0.05, 0.1) is 11.3 Å². The summed E-state index contributed by atoms with van der Waals surface area (Å²) in [4.78, 5) is 23.5. The molecule has 0 radical (unpaired) electrons. The van der Waals surface area contributed by atoms with E-state index in [1.54, 1.807) is 12.1 Å². The number of hydrogen-bond donors (Lipinski definition) is 2. The number of carbonyl (C=O) groups is 2. The number of amides is 1. The molecule has 0 unspecified atom stereocenters. The van der Waals surface area contributed by atoms with Crippen LogP contribution in [0.5, 0.6) is 11.5 Å². The van der Waals surface area contributed by atoms with Gasteiger partial charge in [0.1, 0.15) is 5.75 Å². The van der Waals surface area contributed by atoms with Crippen molar-refractivity contribution in [1.82, 2.24) is 0 Å². The summed E-state index contributed by atoms with van der Waals surface area (Å²) in [6, 6.07) is 14.9. The van der Waals surface area contributed by atoms with Gasteiger partial charge in [0.25, 0.3) is 5.91 Å². The Balaban J connectivity index is 1.76. The van der Waals surface area contributed by atoms with Crippen LogP contribution in [0.4, 0.5) is 14.5 Å². The first-order valence-electron chi connectivity index (χ1n) is 7.81. The van der Waals surface area contributed by atoms with Crippen LogP contribution in [0.25, 0.3) is 0 Å². The summed E-state index contributed by atoms with van der Waals surface area (Å²) in [6.07, 6.45) is 0. The molecule has 0 heterocycles. The number of carboxylic acid groups (broad SMARTS) is 1. The molecule has 136 valence electrons. The molecule has 1 amide bonds. The molecule has 0 spiro atoms. The van der Waals surface area contributed by atoms with Gasteiger partial charge in [-0.25, -0.2) is 13.6 Å². The van der Waals surface area contributed by atoms with Crippen LogP contribution in [0.15, 0.2) is 66.7 Å². The van der Waals surface area contributed by atoms with Crippen molar-refractivity contribution in [1.29, 1.82) is 0 Å². The van der Waals surface area contributed by atoms with Gasteiger partial charge in [0, 0.05) is 5.56 Å². The van der Waals surface area contributed by atoms with Crippen molar-refractivity contribution >= 4 is 17.6 Å². The van der Waals surface area contributed by atoms with E-state index in [1.807, 2.05) is 0 Å². The summed E-state index contributed by atoms with van der Waals surface area (Å²) in [6.45, 7) is 0. The van der Waals surface area contributed by atoms with Crippen LogP contribution < -0.4 is 10.1 Å². The van der Waals surface area contributed by atoms with Crippen LogP contribution in [0, 0.1) is 11.6 Å². The Kier molecular flexibility index (Phi) is 5.12. The van der Waals surface area contributed by atoms with E-state index in [0.717, 1.165) is 12.1 Å². The van der Waals surface area contributed by atoms with E-state index in [2.05, 4.69) is 5.32 Å². The summed E-state index contributed by atoms with van der Waals surface area (Å²) in [5.74, 6) is -3.79. The van der Waals surface area contributed by atoms with Crippen molar-refractivity contribution in [3.05, 3.63) is 89.5 Å². The van der Waals surface area contributed by atoms with E-state index in [1.165, 1.54) is 42.5 Å². The van der Waals surface area contributed by atoms with Gasteiger partial charge in [0.2, 0.25) is 0 Å². The van der Waals surface area contributed by atoms with E-state index >= 15 is 0 Å². The van der Waals surface area contributed by atoms with Gasteiger partial charge in [-0.1, -0.05) is 18.2 Å². The van der Waals surface area contributed by atoms with E-state index in [-0.39, 0.29) is 22.6 Å². The fourth-order valence-electron chi connectivity index (χ4n) is 2.35. The highest BCUT2D eigenvalue weighted by molar-refractivity contribution is 6.07. The summed E-state index contributed by atoms with van der Waals surface area (Å²) in [7, 11) is 0. The second-order valence-corrected chi connectivity index (χ2v) is 5.48. The fraction of sp³-hybridized carbons (Fsp3) is 0. The standard InChI is InChI=1S/C20H13F2NO4/c21-15-5-3-6-16(22)18(15)27-13-10-8-12(9-11-13)19(24)23-17-7-2-1-4-14(17)20(25)26/h1-11H,(H,23,24)(H,25,26). The highest BCUT2D eigenvalue weighted by Crippen LogP contribution is 2.27. The number of benzene rings is 3. The van der Waals surface area contributed by atoms with Crippen LogP contribution in [0.2, 0.25) is 0 Å². The molecule has 7 heteroatoms. The number of carboxylic acids is 1. The molecule has 3 rings (SSSR count). The number of halogens is 2. The van der Waals surface area contributed by atoms with E-state index < -0.39 is 29.3 Å². The number of hydrogen-bond acceptors (Lipinski definition) is 3. The average Bonchev–Trinajstić information content (AvgIpc) is 2.65. The maximum atomic E-state index is 13.6. The number of carbonyl (C=O) groups excluding carboxylic acids is 1. The first-order valence-corrected chi connectivity index (χ1v) is 7.81. The third-order valence-corrected chi connectivity index (χ3v) is 3.66. The Bertz CT molecular complexity index is 983. The maximum absolute atomic E-state index is 13.6. The molecule has 0 aromatic heterocycles. The van der Waals surface area contributed by atoms with Gasteiger partial charge in [-0.05, 0) is 48.5 Å². The van der Waals surface area contributed by atoms with Crippen LogP contribution in [-0.4, -0.2) is 17.0 Å². The second-order valence-electron chi connectivity index (χ2n) is 5.48. The smallest absolute Gasteiger partial charge is 0.337 e. The molecule has 0 aliphatic carbocycles. The van der Waals surface area contributed by atoms with E-state index in [0.29, 0.717) is 0 Å². The molecule has 0 bridgehead atoms.